The van der Waals surface area contributed by atoms with E-state index in [1.54, 1.807) is 32.2 Å². The van der Waals surface area contributed by atoms with Gasteiger partial charge in [0.2, 0.25) is 0 Å². The van der Waals surface area contributed by atoms with Crippen molar-refractivity contribution in [2.45, 2.75) is 6.92 Å². The molecule has 110 valence electrons. The van der Waals surface area contributed by atoms with Crippen molar-refractivity contribution in [1.82, 2.24) is 9.97 Å². The van der Waals surface area contributed by atoms with Crippen molar-refractivity contribution in [3.8, 4) is 0 Å². The predicted molar refractivity (Wildman–Crippen MR) is 82.1 cm³/mol. The summed E-state index contributed by atoms with van der Waals surface area (Å²) in [6.45, 7) is 2.82. The second-order valence-electron chi connectivity index (χ2n) is 4.47. The van der Waals surface area contributed by atoms with Gasteiger partial charge in [-0.15, -0.1) is 0 Å². The van der Waals surface area contributed by atoms with Gasteiger partial charge in [0.05, 0.1) is 6.61 Å². The smallest absolute Gasteiger partial charge is 0.159 e. The molecule has 0 aliphatic carbocycles. The first-order valence-electron chi connectivity index (χ1n) is 6.62. The van der Waals surface area contributed by atoms with Crippen molar-refractivity contribution in [3.05, 3.63) is 42.2 Å². The molecule has 0 aliphatic heterocycles. The molecule has 0 radical (unpaired) electrons. The van der Waals surface area contributed by atoms with E-state index in [4.69, 9.17) is 4.74 Å². The first-order valence-corrected chi connectivity index (χ1v) is 6.62. The summed E-state index contributed by atoms with van der Waals surface area (Å²) in [5.74, 6) is 1.40. The van der Waals surface area contributed by atoms with E-state index in [1.165, 1.54) is 6.33 Å². The van der Waals surface area contributed by atoms with Gasteiger partial charge in [-0.2, -0.15) is 0 Å². The van der Waals surface area contributed by atoms with Crippen molar-refractivity contribution in [3.63, 3.8) is 0 Å². The second-order valence-corrected chi connectivity index (χ2v) is 4.47. The topological polar surface area (TPSA) is 76.1 Å². The molecule has 1 aromatic carbocycles. The van der Waals surface area contributed by atoms with E-state index in [1.807, 2.05) is 12.1 Å². The average molecular weight is 286 g/mol. The summed E-state index contributed by atoms with van der Waals surface area (Å²) in [7, 11) is 1.65. The Morgan fingerprint density at radius 3 is 2.81 bits per heavy atom. The second kappa shape index (κ2) is 7.35. The number of ether oxygens (including phenoxy) is 1. The summed E-state index contributed by atoms with van der Waals surface area (Å²) in [5.41, 5.74) is 1.47. The molecule has 0 aliphatic rings. The van der Waals surface area contributed by atoms with Crippen LogP contribution in [0.2, 0.25) is 0 Å². The molecule has 2 rings (SSSR count). The third kappa shape index (κ3) is 4.54. The van der Waals surface area contributed by atoms with Crippen LogP contribution in [-0.2, 0) is 4.74 Å². The molecule has 0 amide bonds. The number of rotatable bonds is 7. The lowest BCUT2D eigenvalue weighted by Crippen LogP contribution is -2.09. The van der Waals surface area contributed by atoms with Crippen LogP contribution >= 0.6 is 0 Å². The molecule has 0 fully saturated rings. The molecule has 2 N–H and O–H groups in total. The number of aromatic nitrogens is 2. The van der Waals surface area contributed by atoms with Crippen LogP contribution in [0.3, 0.4) is 0 Å². The zero-order chi connectivity index (χ0) is 15.1. The minimum absolute atomic E-state index is 0.0308. The fourth-order valence-corrected chi connectivity index (χ4v) is 1.77. The van der Waals surface area contributed by atoms with Gasteiger partial charge < -0.3 is 15.4 Å². The summed E-state index contributed by atoms with van der Waals surface area (Å²) < 4.78 is 4.97. The SMILES string of the molecule is COCCNc1cc(Nc2cccc(C(C)=O)c2)ncn1. The third-order valence-corrected chi connectivity index (χ3v) is 2.82. The van der Waals surface area contributed by atoms with Crippen molar-refractivity contribution in [2.75, 3.05) is 30.9 Å². The maximum Gasteiger partial charge on any atom is 0.159 e. The lowest BCUT2D eigenvalue weighted by molar-refractivity contribution is 0.101. The highest BCUT2D eigenvalue weighted by Crippen LogP contribution is 2.17. The summed E-state index contributed by atoms with van der Waals surface area (Å²) in [6, 6.07) is 9.09. The summed E-state index contributed by atoms with van der Waals surface area (Å²) in [5, 5.41) is 6.29. The van der Waals surface area contributed by atoms with Gasteiger partial charge in [0, 0.05) is 31.0 Å². The van der Waals surface area contributed by atoms with Gasteiger partial charge in [-0.05, 0) is 19.1 Å². The number of carbonyl (C=O) groups excluding carboxylic acids is 1. The van der Waals surface area contributed by atoms with Crippen LogP contribution in [0.4, 0.5) is 17.3 Å². The van der Waals surface area contributed by atoms with Crippen LogP contribution < -0.4 is 10.6 Å². The van der Waals surface area contributed by atoms with E-state index in [0.717, 1.165) is 5.69 Å². The minimum Gasteiger partial charge on any atom is -0.383 e. The lowest BCUT2D eigenvalue weighted by Gasteiger charge is -2.09. The van der Waals surface area contributed by atoms with E-state index in [9.17, 15) is 4.79 Å². The van der Waals surface area contributed by atoms with E-state index >= 15 is 0 Å². The molecular weight excluding hydrogens is 268 g/mol. The molecule has 0 saturated heterocycles. The number of nitrogens with one attached hydrogen (secondary N) is 2. The lowest BCUT2D eigenvalue weighted by atomic mass is 10.1. The molecule has 2 aromatic rings. The largest absolute Gasteiger partial charge is 0.383 e. The van der Waals surface area contributed by atoms with Gasteiger partial charge >= 0.3 is 0 Å². The van der Waals surface area contributed by atoms with Gasteiger partial charge in [0.15, 0.2) is 5.78 Å². The molecule has 0 bridgehead atoms. The Kier molecular flexibility index (Phi) is 5.22. The Labute approximate surface area is 123 Å². The Balaban J connectivity index is 2.07. The van der Waals surface area contributed by atoms with E-state index in [-0.39, 0.29) is 5.78 Å². The van der Waals surface area contributed by atoms with E-state index < -0.39 is 0 Å². The van der Waals surface area contributed by atoms with Crippen LogP contribution in [0.25, 0.3) is 0 Å². The molecular formula is C15H18N4O2. The van der Waals surface area contributed by atoms with Crippen LogP contribution in [0.15, 0.2) is 36.7 Å². The Bertz CT molecular complexity index is 616. The number of methoxy groups -OCH3 is 1. The highest BCUT2D eigenvalue weighted by molar-refractivity contribution is 5.95. The Morgan fingerprint density at radius 1 is 1.24 bits per heavy atom. The maximum absolute atomic E-state index is 11.4. The number of hydrogen-bond donors (Lipinski definition) is 2. The number of hydrogen-bond acceptors (Lipinski definition) is 6. The van der Waals surface area contributed by atoms with Gasteiger partial charge in [-0.1, -0.05) is 12.1 Å². The van der Waals surface area contributed by atoms with Crippen molar-refractivity contribution < 1.29 is 9.53 Å². The normalized spacial score (nSPS) is 10.2. The first-order chi connectivity index (χ1) is 10.2. The van der Waals surface area contributed by atoms with Crippen LogP contribution in [0.5, 0.6) is 0 Å². The number of ketones is 1. The Hall–Kier alpha value is -2.47. The van der Waals surface area contributed by atoms with Crippen molar-refractivity contribution in [1.29, 1.82) is 0 Å². The molecule has 0 spiro atoms. The molecule has 6 heteroatoms. The summed E-state index contributed by atoms with van der Waals surface area (Å²) in [4.78, 5) is 19.7. The van der Waals surface area contributed by atoms with Gasteiger partial charge in [-0.25, -0.2) is 9.97 Å². The number of carbonyl (C=O) groups is 1. The predicted octanol–water partition coefficient (Wildman–Crippen LogP) is 2.48. The Morgan fingerprint density at radius 2 is 2.05 bits per heavy atom. The zero-order valence-corrected chi connectivity index (χ0v) is 12.1. The number of benzene rings is 1. The molecule has 0 atom stereocenters. The molecule has 0 saturated carbocycles. The summed E-state index contributed by atoms with van der Waals surface area (Å²) >= 11 is 0. The monoisotopic (exact) mass is 286 g/mol. The fraction of sp³-hybridized carbons (Fsp3) is 0.267. The standard InChI is InChI=1S/C15H18N4O2/c1-11(20)12-4-3-5-13(8-12)19-15-9-14(17-10-18-15)16-6-7-21-2/h3-5,8-10H,6-7H2,1-2H3,(H2,16,17,18,19). The van der Waals surface area contributed by atoms with Gasteiger partial charge in [0.25, 0.3) is 0 Å². The average Bonchev–Trinajstić information content (AvgIpc) is 2.48. The zero-order valence-electron chi connectivity index (χ0n) is 12.1. The minimum atomic E-state index is 0.0308. The third-order valence-electron chi connectivity index (χ3n) is 2.82. The molecule has 6 nitrogen and oxygen atoms in total. The number of nitrogens with zero attached hydrogens (tertiary/aromatic N) is 2. The first kappa shape index (κ1) is 14.9. The fourth-order valence-electron chi connectivity index (χ4n) is 1.77. The van der Waals surface area contributed by atoms with Crippen LogP contribution in [0, 0.1) is 0 Å². The van der Waals surface area contributed by atoms with E-state index in [2.05, 4.69) is 20.6 Å². The van der Waals surface area contributed by atoms with Crippen molar-refractivity contribution in [2.24, 2.45) is 0 Å². The van der Waals surface area contributed by atoms with Gasteiger partial charge in [0.1, 0.15) is 18.0 Å². The number of Topliss-reactive ketones (excluding diaryl/α,β-unsaturated/α-hetero) is 1. The summed E-state index contributed by atoms with van der Waals surface area (Å²) in [6.07, 6.45) is 1.48. The molecule has 1 heterocycles. The molecule has 21 heavy (non-hydrogen) atoms. The van der Waals surface area contributed by atoms with Crippen molar-refractivity contribution >= 4 is 23.1 Å². The van der Waals surface area contributed by atoms with Crippen LogP contribution in [-0.4, -0.2) is 36.0 Å². The van der Waals surface area contributed by atoms with Gasteiger partial charge in [-0.3, -0.25) is 4.79 Å². The van der Waals surface area contributed by atoms with E-state index in [0.29, 0.717) is 30.4 Å². The molecule has 0 unspecified atom stereocenters. The number of anilines is 3. The highest BCUT2D eigenvalue weighted by Gasteiger charge is 2.02. The van der Waals surface area contributed by atoms with Crippen LogP contribution in [0.1, 0.15) is 17.3 Å². The maximum atomic E-state index is 11.4. The molecule has 1 aromatic heterocycles. The highest BCUT2D eigenvalue weighted by atomic mass is 16.5. The quantitative estimate of drug-likeness (QED) is 0.601.